The summed E-state index contributed by atoms with van der Waals surface area (Å²) in [6.07, 6.45) is 0. The molecule has 0 bridgehead atoms. The lowest BCUT2D eigenvalue weighted by Gasteiger charge is -2.11. The maximum absolute atomic E-state index is 12.7. The van der Waals surface area contributed by atoms with Crippen molar-refractivity contribution in [2.24, 2.45) is 15.3 Å². The summed E-state index contributed by atoms with van der Waals surface area (Å²) in [5.74, 6) is -1.93. The van der Waals surface area contributed by atoms with Crippen molar-refractivity contribution in [3.8, 4) is 0 Å². The van der Waals surface area contributed by atoms with Gasteiger partial charge in [0.05, 0.1) is 16.9 Å². The van der Waals surface area contributed by atoms with Crippen molar-refractivity contribution in [2.45, 2.75) is 13.0 Å². The van der Waals surface area contributed by atoms with Gasteiger partial charge in [-0.1, -0.05) is 24.3 Å². The Morgan fingerprint density at radius 3 is 2.56 bits per heavy atom. The first-order valence-electron chi connectivity index (χ1n) is 7.95. The first-order chi connectivity index (χ1) is 13.0. The molecule has 0 fully saturated rings. The number of carboxylic acids is 1. The molecule has 0 aromatic heterocycles. The first-order valence-corrected chi connectivity index (χ1v) is 7.95. The summed E-state index contributed by atoms with van der Waals surface area (Å²) in [7, 11) is 0. The van der Waals surface area contributed by atoms with Crippen molar-refractivity contribution in [3.05, 3.63) is 60.2 Å². The van der Waals surface area contributed by atoms with Gasteiger partial charge in [-0.15, -0.1) is 5.10 Å². The Labute approximate surface area is 154 Å². The van der Waals surface area contributed by atoms with E-state index in [4.69, 9.17) is 5.11 Å². The number of amides is 2. The van der Waals surface area contributed by atoms with Gasteiger partial charge in [-0.3, -0.25) is 9.59 Å². The second-order valence-corrected chi connectivity index (χ2v) is 5.63. The number of azo groups is 1. The number of aromatic carboxylic acids is 1. The zero-order chi connectivity index (χ0) is 19.4. The number of rotatable bonds is 4. The highest BCUT2D eigenvalue weighted by molar-refractivity contribution is 6.21. The van der Waals surface area contributed by atoms with Crippen LogP contribution in [-0.4, -0.2) is 34.8 Å². The molecule has 0 radical (unpaired) electrons. The molecular weight excluding hydrogens is 350 g/mol. The second-order valence-electron chi connectivity index (χ2n) is 5.63. The van der Waals surface area contributed by atoms with E-state index in [-0.39, 0.29) is 17.1 Å². The average molecular weight is 365 g/mol. The number of nitrogens with zero attached hydrogens (tertiary/aromatic N) is 4. The second kappa shape index (κ2) is 7.56. The number of para-hydroxylation sites is 1. The number of hydrazone groups is 1. The van der Waals surface area contributed by atoms with Crippen LogP contribution < -0.4 is 10.3 Å². The summed E-state index contributed by atoms with van der Waals surface area (Å²) in [6.45, 7) is 1.29. The van der Waals surface area contributed by atoms with Gasteiger partial charge in [0, 0.05) is 6.92 Å². The lowest BCUT2D eigenvalue weighted by atomic mass is 10.2. The number of carboxylic acid groups (broad SMARTS) is 1. The molecule has 0 saturated carbocycles. The Bertz CT molecular complexity index is 955. The van der Waals surface area contributed by atoms with E-state index >= 15 is 0 Å². The quantitative estimate of drug-likeness (QED) is 0.807. The molecule has 2 amide bonds. The van der Waals surface area contributed by atoms with Crippen LogP contribution in [0.15, 0.2) is 69.9 Å². The largest absolute Gasteiger partial charge is 0.478 e. The summed E-state index contributed by atoms with van der Waals surface area (Å²) in [5.41, 5.74) is 0.838. The van der Waals surface area contributed by atoms with Gasteiger partial charge in [0.2, 0.25) is 11.9 Å². The number of benzene rings is 2. The third-order valence-electron chi connectivity index (χ3n) is 3.60. The highest BCUT2D eigenvalue weighted by Gasteiger charge is 2.37. The molecule has 0 unspecified atom stereocenters. The average Bonchev–Trinajstić information content (AvgIpc) is 2.96. The van der Waals surface area contributed by atoms with Crippen LogP contribution >= 0.6 is 0 Å². The van der Waals surface area contributed by atoms with E-state index in [1.807, 2.05) is 0 Å². The lowest BCUT2D eigenvalue weighted by Crippen LogP contribution is -2.38. The highest BCUT2D eigenvalue weighted by atomic mass is 16.4. The maximum atomic E-state index is 12.7. The van der Waals surface area contributed by atoms with Gasteiger partial charge >= 0.3 is 5.97 Å². The molecule has 2 aromatic rings. The molecule has 9 nitrogen and oxygen atoms in total. The molecular formula is C18H15N5O4. The Hall–Kier alpha value is -3.88. The third-order valence-corrected chi connectivity index (χ3v) is 3.60. The van der Waals surface area contributed by atoms with Crippen LogP contribution in [0.25, 0.3) is 0 Å². The molecule has 136 valence electrons. The Morgan fingerprint density at radius 1 is 1.15 bits per heavy atom. The maximum Gasteiger partial charge on any atom is 0.335 e. The van der Waals surface area contributed by atoms with Crippen LogP contribution in [0.4, 0.5) is 11.4 Å². The summed E-state index contributed by atoms with van der Waals surface area (Å²) >= 11 is 0. The zero-order valence-electron chi connectivity index (χ0n) is 14.2. The minimum atomic E-state index is -1.14. The standard InChI is InChI=1S/C18H15N5O4/c1-11(24)19-16-15(17(25)23(22-16)14-8-3-2-4-9-14)21-20-13-7-5-6-12(10-13)18(26)27/h2-10,15H,1H3,(H,26,27)(H,19,22,24)/t15-/m0/s1. The SMILES string of the molecule is CC(=O)NC1=NN(c2ccccc2)C(=O)[C@H]1N=Nc1cccc(C(=O)O)c1. The van der Waals surface area contributed by atoms with Crippen molar-refractivity contribution < 1.29 is 19.5 Å². The Balaban J connectivity index is 1.89. The van der Waals surface area contributed by atoms with E-state index in [1.54, 1.807) is 36.4 Å². The molecule has 0 saturated heterocycles. The van der Waals surface area contributed by atoms with Crippen molar-refractivity contribution >= 4 is 35.0 Å². The third kappa shape index (κ3) is 4.03. The van der Waals surface area contributed by atoms with Crippen molar-refractivity contribution in [2.75, 3.05) is 5.01 Å². The molecule has 9 heteroatoms. The van der Waals surface area contributed by atoms with E-state index in [0.29, 0.717) is 5.69 Å². The molecule has 1 atom stereocenters. The van der Waals surface area contributed by atoms with Gasteiger partial charge in [-0.25, -0.2) is 4.79 Å². The first kappa shape index (κ1) is 17.9. The van der Waals surface area contributed by atoms with Gasteiger partial charge in [0.1, 0.15) is 0 Å². The number of carbonyl (C=O) groups excluding carboxylic acids is 2. The van der Waals surface area contributed by atoms with Gasteiger partial charge in [-0.05, 0) is 30.3 Å². The topological polar surface area (TPSA) is 124 Å². The van der Waals surface area contributed by atoms with Gasteiger partial charge < -0.3 is 10.4 Å². The van der Waals surface area contributed by atoms with Gasteiger partial charge in [0.25, 0.3) is 5.91 Å². The molecule has 1 aliphatic heterocycles. The summed E-state index contributed by atoms with van der Waals surface area (Å²) in [6, 6.07) is 13.4. The number of carbonyl (C=O) groups is 3. The summed E-state index contributed by atoms with van der Waals surface area (Å²) in [5, 5.41) is 24.7. The van der Waals surface area contributed by atoms with E-state index in [2.05, 4.69) is 20.6 Å². The Morgan fingerprint density at radius 2 is 1.89 bits per heavy atom. The number of nitrogens with one attached hydrogen (secondary N) is 1. The molecule has 2 aromatic carbocycles. The smallest absolute Gasteiger partial charge is 0.335 e. The number of anilines is 1. The van der Waals surface area contributed by atoms with Gasteiger partial charge in [0.15, 0.2) is 5.84 Å². The van der Waals surface area contributed by atoms with Crippen LogP contribution in [0, 0.1) is 0 Å². The van der Waals surface area contributed by atoms with Crippen LogP contribution in [0.1, 0.15) is 17.3 Å². The molecule has 3 rings (SSSR count). The molecule has 0 spiro atoms. The van der Waals surface area contributed by atoms with Crippen molar-refractivity contribution in [1.29, 1.82) is 0 Å². The fraction of sp³-hybridized carbons (Fsp3) is 0.111. The normalized spacial score (nSPS) is 16.5. The molecule has 2 N–H and O–H groups in total. The minimum absolute atomic E-state index is 0.0471. The van der Waals surface area contributed by atoms with E-state index in [0.717, 1.165) is 5.01 Å². The molecule has 1 aliphatic rings. The predicted octanol–water partition coefficient (Wildman–Crippen LogP) is 2.33. The number of hydrogen-bond acceptors (Lipinski definition) is 6. The van der Waals surface area contributed by atoms with E-state index in [1.165, 1.54) is 25.1 Å². The van der Waals surface area contributed by atoms with Crippen molar-refractivity contribution in [1.82, 2.24) is 5.32 Å². The predicted molar refractivity (Wildman–Crippen MR) is 96.9 cm³/mol. The summed E-state index contributed by atoms with van der Waals surface area (Å²) in [4.78, 5) is 35.2. The van der Waals surface area contributed by atoms with Crippen LogP contribution in [0.3, 0.4) is 0 Å². The number of hydrogen-bond donors (Lipinski definition) is 2. The van der Waals surface area contributed by atoms with E-state index in [9.17, 15) is 14.4 Å². The van der Waals surface area contributed by atoms with Gasteiger partial charge in [-0.2, -0.15) is 15.2 Å². The van der Waals surface area contributed by atoms with Crippen molar-refractivity contribution in [3.63, 3.8) is 0 Å². The molecule has 1 heterocycles. The van der Waals surface area contributed by atoms with Crippen LogP contribution in [0.2, 0.25) is 0 Å². The number of amidine groups is 1. The monoisotopic (exact) mass is 365 g/mol. The lowest BCUT2D eigenvalue weighted by molar-refractivity contribution is -0.117. The molecule has 27 heavy (non-hydrogen) atoms. The fourth-order valence-electron chi connectivity index (χ4n) is 2.40. The minimum Gasteiger partial charge on any atom is -0.478 e. The molecule has 0 aliphatic carbocycles. The van der Waals surface area contributed by atoms with Crippen LogP contribution in [0.5, 0.6) is 0 Å². The Kier molecular flexibility index (Phi) is 5.02. The van der Waals surface area contributed by atoms with E-state index < -0.39 is 23.8 Å². The zero-order valence-corrected chi connectivity index (χ0v) is 14.2. The highest BCUT2D eigenvalue weighted by Crippen LogP contribution is 2.23. The fourth-order valence-corrected chi connectivity index (χ4v) is 2.40. The van der Waals surface area contributed by atoms with Crippen LogP contribution in [-0.2, 0) is 9.59 Å². The summed E-state index contributed by atoms with van der Waals surface area (Å²) < 4.78 is 0.